The number of nitrogens with zero attached hydrogens (tertiary/aromatic N) is 1. The predicted molar refractivity (Wildman–Crippen MR) is 97.2 cm³/mol. The maximum absolute atomic E-state index is 12.3. The first-order chi connectivity index (χ1) is 10.7. The van der Waals surface area contributed by atoms with Crippen LogP contribution in [0, 0.1) is 14.9 Å². The topological polar surface area (TPSA) is 52.9 Å². The molecule has 2 aromatic carbocycles. The number of halogens is 1. The van der Waals surface area contributed by atoms with Crippen LogP contribution in [0.4, 0.5) is 5.69 Å². The number of amides is 1. The molecule has 2 rings (SSSR count). The molecule has 0 atom stereocenters. The SMILES string of the molecule is CCc1ccccc1NC(=O)/C(C#N)=C\c1ccccc1I. The first kappa shape index (κ1) is 16.2. The Morgan fingerprint density at radius 1 is 1.23 bits per heavy atom. The number of aryl methyl sites for hydroxylation is 1. The Morgan fingerprint density at radius 2 is 1.91 bits per heavy atom. The normalized spacial score (nSPS) is 10.9. The highest BCUT2D eigenvalue weighted by molar-refractivity contribution is 14.1. The van der Waals surface area contributed by atoms with Crippen molar-refractivity contribution in [1.29, 1.82) is 5.26 Å². The van der Waals surface area contributed by atoms with Crippen LogP contribution in [-0.4, -0.2) is 5.91 Å². The maximum atomic E-state index is 12.3. The third-order valence-corrected chi connectivity index (χ3v) is 4.20. The van der Waals surface area contributed by atoms with E-state index in [9.17, 15) is 10.1 Å². The molecule has 0 unspecified atom stereocenters. The Bertz CT molecular complexity index is 760. The predicted octanol–water partition coefficient (Wildman–Crippen LogP) is 4.40. The van der Waals surface area contributed by atoms with Crippen molar-refractivity contribution in [2.45, 2.75) is 13.3 Å². The van der Waals surface area contributed by atoms with Gasteiger partial charge in [-0.3, -0.25) is 4.79 Å². The Balaban J connectivity index is 2.27. The third-order valence-electron chi connectivity index (χ3n) is 3.22. The van der Waals surface area contributed by atoms with Crippen LogP contribution in [0.25, 0.3) is 6.08 Å². The smallest absolute Gasteiger partial charge is 0.266 e. The van der Waals surface area contributed by atoms with Gasteiger partial charge in [-0.15, -0.1) is 0 Å². The van der Waals surface area contributed by atoms with Crippen molar-refractivity contribution in [3.05, 3.63) is 68.8 Å². The molecule has 2 aromatic rings. The van der Waals surface area contributed by atoms with E-state index in [1.807, 2.05) is 61.5 Å². The number of benzene rings is 2. The lowest BCUT2D eigenvalue weighted by Gasteiger charge is -2.09. The van der Waals surface area contributed by atoms with E-state index in [4.69, 9.17) is 0 Å². The van der Waals surface area contributed by atoms with Gasteiger partial charge in [0.15, 0.2) is 0 Å². The quantitative estimate of drug-likeness (QED) is 0.468. The van der Waals surface area contributed by atoms with Gasteiger partial charge in [0.1, 0.15) is 11.6 Å². The average Bonchev–Trinajstić information content (AvgIpc) is 2.54. The molecule has 1 amide bonds. The van der Waals surface area contributed by atoms with E-state index in [0.29, 0.717) is 0 Å². The summed E-state index contributed by atoms with van der Waals surface area (Å²) in [5.74, 6) is -0.386. The zero-order valence-electron chi connectivity index (χ0n) is 12.1. The van der Waals surface area contributed by atoms with Crippen molar-refractivity contribution < 1.29 is 4.79 Å². The molecule has 0 saturated heterocycles. The number of nitriles is 1. The minimum absolute atomic E-state index is 0.0926. The Labute approximate surface area is 143 Å². The Kier molecular flexibility index (Phi) is 5.73. The molecule has 22 heavy (non-hydrogen) atoms. The summed E-state index contributed by atoms with van der Waals surface area (Å²) in [4.78, 5) is 12.3. The van der Waals surface area contributed by atoms with Gasteiger partial charge in [0.2, 0.25) is 0 Å². The lowest BCUT2D eigenvalue weighted by atomic mass is 10.1. The molecular formula is C18H15IN2O. The van der Waals surface area contributed by atoms with Gasteiger partial charge >= 0.3 is 0 Å². The van der Waals surface area contributed by atoms with E-state index in [2.05, 4.69) is 27.9 Å². The highest BCUT2D eigenvalue weighted by atomic mass is 127. The molecule has 0 spiro atoms. The van der Waals surface area contributed by atoms with Crippen LogP contribution in [0.2, 0.25) is 0 Å². The van der Waals surface area contributed by atoms with Crippen LogP contribution >= 0.6 is 22.6 Å². The summed E-state index contributed by atoms with van der Waals surface area (Å²) in [5.41, 5.74) is 2.75. The summed E-state index contributed by atoms with van der Waals surface area (Å²) >= 11 is 2.18. The molecule has 0 bridgehead atoms. The zero-order chi connectivity index (χ0) is 15.9. The number of hydrogen-bond acceptors (Lipinski definition) is 2. The standard InChI is InChI=1S/C18H15IN2O/c1-2-13-7-4-6-10-17(13)21-18(22)15(12-20)11-14-8-3-5-9-16(14)19/h3-11H,2H2,1H3,(H,21,22)/b15-11-. The number of hydrogen-bond donors (Lipinski definition) is 1. The second-order valence-electron chi connectivity index (χ2n) is 4.66. The van der Waals surface area contributed by atoms with E-state index >= 15 is 0 Å². The van der Waals surface area contributed by atoms with Crippen molar-refractivity contribution in [3.8, 4) is 6.07 Å². The fourth-order valence-electron chi connectivity index (χ4n) is 2.04. The first-order valence-corrected chi connectivity index (χ1v) is 7.99. The number of rotatable bonds is 4. The molecule has 0 aliphatic rings. The van der Waals surface area contributed by atoms with Crippen LogP contribution in [0.3, 0.4) is 0 Å². The van der Waals surface area contributed by atoms with Crippen molar-refractivity contribution >= 4 is 40.3 Å². The molecule has 0 aliphatic carbocycles. The van der Waals surface area contributed by atoms with Crippen molar-refractivity contribution in [2.75, 3.05) is 5.32 Å². The average molecular weight is 402 g/mol. The number of carbonyl (C=O) groups excluding carboxylic acids is 1. The monoisotopic (exact) mass is 402 g/mol. The van der Waals surface area contributed by atoms with Crippen LogP contribution < -0.4 is 5.32 Å². The van der Waals surface area contributed by atoms with Crippen molar-refractivity contribution in [2.24, 2.45) is 0 Å². The zero-order valence-corrected chi connectivity index (χ0v) is 14.3. The van der Waals surface area contributed by atoms with Crippen LogP contribution in [-0.2, 0) is 11.2 Å². The van der Waals surface area contributed by atoms with Gasteiger partial charge in [-0.2, -0.15) is 5.26 Å². The number of carbonyl (C=O) groups is 1. The summed E-state index contributed by atoms with van der Waals surface area (Å²) < 4.78 is 0.995. The molecule has 0 radical (unpaired) electrons. The van der Waals surface area contributed by atoms with Crippen molar-refractivity contribution in [3.63, 3.8) is 0 Å². The maximum Gasteiger partial charge on any atom is 0.266 e. The summed E-state index contributed by atoms with van der Waals surface area (Å²) in [6, 6.07) is 17.2. The molecule has 4 heteroatoms. The van der Waals surface area contributed by atoms with Gasteiger partial charge in [-0.05, 0) is 58.3 Å². The van der Waals surface area contributed by atoms with Crippen LogP contribution in [0.1, 0.15) is 18.1 Å². The van der Waals surface area contributed by atoms with E-state index in [1.165, 1.54) is 0 Å². The van der Waals surface area contributed by atoms with E-state index in [0.717, 1.165) is 26.8 Å². The van der Waals surface area contributed by atoms with Crippen molar-refractivity contribution in [1.82, 2.24) is 0 Å². The second kappa shape index (κ2) is 7.76. The van der Waals surface area contributed by atoms with Gasteiger partial charge in [0, 0.05) is 9.26 Å². The second-order valence-corrected chi connectivity index (χ2v) is 5.82. The third kappa shape index (κ3) is 3.95. The summed E-state index contributed by atoms with van der Waals surface area (Å²) in [6.45, 7) is 2.03. The van der Waals surface area contributed by atoms with Gasteiger partial charge in [-0.1, -0.05) is 43.3 Å². The molecule has 110 valence electrons. The highest BCUT2D eigenvalue weighted by Gasteiger charge is 2.11. The fraction of sp³-hybridized carbons (Fsp3) is 0.111. The highest BCUT2D eigenvalue weighted by Crippen LogP contribution is 2.18. The van der Waals surface area contributed by atoms with Crippen LogP contribution in [0.5, 0.6) is 0 Å². The molecule has 0 aromatic heterocycles. The lowest BCUT2D eigenvalue weighted by molar-refractivity contribution is -0.112. The minimum Gasteiger partial charge on any atom is -0.321 e. The Morgan fingerprint density at radius 3 is 2.59 bits per heavy atom. The molecule has 0 heterocycles. The summed E-state index contributed by atoms with van der Waals surface area (Å²) in [6.07, 6.45) is 2.43. The summed E-state index contributed by atoms with van der Waals surface area (Å²) in [7, 11) is 0. The van der Waals surface area contributed by atoms with Gasteiger partial charge in [-0.25, -0.2) is 0 Å². The number of nitrogens with one attached hydrogen (secondary N) is 1. The lowest BCUT2D eigenvalue weighted by Crippen LogP contribution is -2.14. The number of para-hydroxylation sites is 1. The molecule has 0 saturated carbocycles. The molecule has 1 N–H and O–H groups in total. The molecular weight excluding hydrogens is 387 g/mol. The van der Waals surface area contributed by atoms with Crippen LogP contribution in [0.15, 0.2) is 54.1 Å². The largest absolute Gasteiger partial charge is 0.321 e. The van der Waals surface area contributed by atoms with Gasteiger partial charge in [0.05, 0.1) is 0 Å². The number of anilines is 1. The first-order valence-electron chi connectivity index (χ1n) is 6.91. The van der Waals surface area contributed by atoms with Gasteiger partial charge in [0.25, 0.3) is 5.91 Å². The minimum atomic E-state index is -0.386. The van der Waals surface area contributed by atoms with Gasteiger partial charge < -0.3 is 5.32 Å². The molecule has 0 fully saturated rings. The van der Waals surface area contributed by atoms with E-state index in [1.54, 1.807) is 6.08 Å². The Hall–Kier alpha value is -2.13. The summed E-state index contributed by atoms with van der Waals surface area (Å²) in [5, 5.41) is 12.1. The molecule has 0 aliphatic heterocycles. The fourth-order valence-corrected chi connectivity index (χ4v) is 2.58. The van der Waals surface area contributed by atoms with E-state index < -0.39 is 0 Å². The van der Waals surface area contributed by atoms with E-state index in [-0.39, 0.29) is 11.5 Å². The molecule has 3 nitrogen and oxygen atoms in total.